The van der Waals surface area contributed by atoms with Crippen LogP contribution in [0.15, 0.2) is 54.6 Å². The number of amides is 1. The van der Waals surface area contributed by atoms with Gasteiger partial charge < -0.3 is 15.8 Å². The number of carbonyl (C=O) groups is 1. The molecule has 110 valence electrons. The van der Waals surface area contributed by atoms with Crippen molar-refractivity contribution in [3.05, 3.63) is 65.7 Å². The van der Waals surface area contributed by atoms with Crippen molar-refractivity contribution in [2.24, 2.45) is 5.73 Å². The molecular formula is C17H20N2O2. The van der Waals surface area contributed by atoms with Crippen LogP contribution in [0.5, 0.6) is 5.75 Å². The summed E-state index contributed by atoms with van der Waals surface area (Å²) in [7, 11) is 0. The summed E-state index contributed by atoms with van der Waals surface area (Å²) in [5.74, 6) is 0.501. The Labute approximate surface area is 124 Å². The molecule has 2 aromatic rings. The number of hydrogen-bond donors (Lipinski definition) is 2. The molecule has 0 fully saturated rings. The summed E-state index contributed by atoms with van der Waals surface area (Å²) >= 11 is 0. The highest BCUT2D eigenvalue weighted by molar-refractivity contribution is 5.77. The van der Waals surface area contributed by atoms with Gasteiger partial charge in [0.25, 0.3) is 5.91 Å². The fraction of sp³-hybridized carbons (Fsp3) is 0.235. The Morgan fingerprint density at radius 2 is 1.81 bits per heavy atom. The molecule has 2 aromatic carbocycles. The standard InChI is InChI=1S/C17H20N2O2/c1-13(18)15-9-5-6-10-16(15)21-12-17(20)19-11-14-7-3-2-4-8-14/h2-10,13H,11-12,18H2,1H3,(H,19,20)/t13-/m1/s1. The summed E-state index contributed by atoms with van der Waals surface area (Å²) < 4.78 is 5.56. The molecule has 0 unspecified atom stereocenters. The molecular weight excluding hydrogens is 264 g/mol. The van der Waals surface area contributed by atoms with Crippen molar-refractivity contribution >= 4 is 5.91 Å². The first kappa shape index (κ1) is 15.1. The van der Waals surface area contributed by atoms with Crippen molar-refractivity contribution in [3.63, 3.8) is 0 Å². The summed E-state index contributed by atoms with van der Waals surface area (Å²) in [6, 6.07) is 17.1. The van der Waals surface area contributed by atoms with Crippen LogP contribution in [-0.4, -0.2) is 12.5 Å². The van der Waals surface area contributed by atoms with Crippen LogP contribution in [0.4, 0.5) is 0 Å². The van der Waals surface area contributed by atoms with Gasteiger partial charge in [0.2, 0.25) is 0 Å². The molecule has 0 heterocycles. The lowest BCUT2D eigenvalue weighted by molar-refractivity contribution is -0.123. The average molecular weight is 284 g/mol. The van der Waals surface area contributed by atoms with Crippen LogP contribution in [0.3, 0.4) is 0 Å². The summed E-state index contributed by atoms with van der Waals surface area (Å²) in [4.78, 5) is 11.8. The van der Waals surface area contributed by atoms with Gasteiger partial charge >= 0.3 is 0 Å². The maximum atomic E-state index is 11.8. The van der Waals surface area contributed by atoms with Gasteiger partial charge in [-0.25, -0.2) is 0 Å². The van der Waals surface area contributed by atoms with Gasteiger partial charge in [-0.15, -0.1) is 0 Å². The van der Waals surface area contributed by atoms with Crippen molar-refractivity contribution in [1.29, 1.82) is 0 Å². The van der Waals surface area contributed by atoms with Crippen molar-refractivity contribution in [2.45, 2.75) is 19.5 Å². The maximum Gasteiger partial charge on any atom is 0.258 e. The van der Waals surface area contributed by atoms with Crippen LogP contribution in [-0.2, 0) is 11.3 Å². The molecule has 21 heavy (non-hydrogen) atoms. The highest BCUT2D eigenvalue weighted by Crippen LogP contribution is 2.22. The fourth-order valence-corrected chi connectivity index (χ4v) is 1.98. The number of nitrogens with one attached hydrogen (secondary N) is 1. The number of hydrogen-bond acceptors (Lipinski definition) is 3. The van der Waals surface area contributed by atoms with E-state index in [9.17, 15) is 4.79 Å². The highest BCUT2D eigenvalue weighted by atomic mass is 16.5. The lowest BCUT2D eigenvalue weighted by Crippen LogP contribution is -2.28. The number of rotatable bonds is 6. The first-order valence-corrected chi connectivity index (χ1v) is 6.94. The number of nitrogens with two attached hydrogens (primary N) is 1. The molecule has 0 aliphatic rings. The first-order valence-electron chi connectivity index (χ1n) is 6.94. The maximum absolute atomic E-state index is 11.8. The molecule has 0 saturated carbocycles. The van der Waals surface area contributed by atoms with Crippen molar-refractivity contribution < 1.29 is 9.53 Å². The number of ether oxygens (including phenoxy) is 1. The highest BCUT2D eigenvalue weighted by Gasteiger charge is 2.09. The van der Waals surface area contributed by atoms with Crippen molar-refractivity contribution in [1.82, 2.24) is 5.32 Å². The van der Waals surface area contributed by atoms with Crippen LogP contribution in [0.25, 0.3) is 0 Å². The predicted molar refractivity (Wildman–Crippen MR) is 82.8 cm³/mol. The van der Waals surface area contributed by atoms with Crippen LogP contribution in [0, 0.1) is 0 Å². The van der Waals surface area contributed by atoms with Gasteiger partial charge in [0.05, 0.1) is 0 Å². The Hall–Kier alpha value is -2.33. The summed E-state index contributed by atoms with van der Waals surface area (Å²) in [6.07, 6.45) is 0. The minimum Gasteiger partial charge on any atom is -0.483 e. The lowest BCUT2D eigenvalue weighted by atomic mass is 10.1. The van der Waals surface area contributed by atoms with Crippen molar-refractivity contribution in [3.8, 4) is 5.75 Å². The van der Waals surface area contributed by atoms with E-state index in [1.807, 2.05) is 61.5 Å². The largest absolute Gasteiger partial charge is 0.483 e. The predicted octanol–water partition coefficient (Wildman–Crippen LogP) is 2.40. The Morgan fingerprint density at radius 1 is 1.14 bits per heavy atom. The Kier molecular flexibility index (Phi) is 5.35. The summed E-state index contributed by atoms with van der Waals surface area (Å²) in [6.45, 7) is 2.37. The molecule has 0 bridgehead atoms. The minimum atomic E-state index is -0.154. The van der Waals surface area contributed by atoms with Gasteiger partial charge in [-0.1, -0.05) is 48.5 Å². The van der Waals surface area contributed by atoms with Gasteiger partial charge in [-0.2, -0.15) is 0 Å². The molecule has 2 rings (SSSR count). The first-order chi connectivity index (χ1) is 10.2. The zero-order valence-electron chi connectivity index (χ0n) is 12.1. The molecule has 4 heteroatoms. The minimum absolute atomic E-state index is 0.0173. The SMILES string of the molecule is C[C@@H](N)c1ccccc1OCC(=O)NCc1ccccc1. The van der Waals surface area contributed by atoms with E-state index in [2.05, 4.69) is 5.32 Å². The monoisotopic (exact) mass is 284 g/mol. The normalized spacial score (nSPS) is 11.7. The van der Waals surface area contributed by atoms with Crippen LogP contribution >= 0.6 is 0 Å². The van der Waals surface area contributed by atoms with Gasteiger partial charge in [-0.05, 0) is 18.6 Å². The molecule has 1 atom stereocenters. The van der Waals surface area contributed by atoms with Crippen molar-refractivity contribution in [2.75, 3.05) is 6.61 Å². The molecule has 0 aliphatic carbocycles. The molecule has 4 nitrogen and oxygen atoms in total. The van der Waals surface area contributed by atoms with E-state index >= 15 is 0 Å². The van der Waals surface area contributed by atoms with Gasteiger partial charge in [0.15, 0.2) is 6.61 Å². The molecule has 0 radical (unpaired) electrons. The van der Waals surface area contributed by atoms with Gasteiger partial charge in [0.1, 0.15) is 5.75 Å². The summed E-state index contributed by atoms with van der Waals surface area (Å²) in [5, 5.41) is 2.82. The molecule has 0 saturated heterocycles. The van der Waals surface area contributed by atoms with Gasteiger partial charge in [0, 0.05) is 18.2 Å². The fourth-order valence-electron chi connectivity index (χ4n) is 1.98. The topological polar surface area (TPSA) is 64.3 Å². The molecule has 0 aromatic heterocycles. The van der Waals surface area contributed by atoms with E-state index in [4.69, 9.17) is 10.5 Å². The molecule has 3 N–H and O–H groups in total. The Balaban J connectivity index is 1.84. The zero-order chi connectivity index (χ0) is 15.1. The van der Waals surface area contributed by atoms with E-state index in [0.29, 0.717) is 12.3 Å². The second kappa shape index (κ2) is 7.45. The third-order valence-corrected chi connectivity index (χ3v) is 3.10. The average Bonchev–Trinajstić information content (AvgIpc) is 2.52. The number of carbonyl (C=O) groups excluding carboxylic acids is 1. The second-order valence-electron chi connectivity index (χ2n) is 4.88. The smallest absolute Gasteiger partial charge is 0.258 e. The second-order valence-corrected chi connectivity index (χ2v) is 4.88. The van der Waals surface area contributed by atoms with E-state index in [1.165, 1.54) is 0 Å². The summed E-state index contributed by atoms with van der Waals surface area (Å²) in [5.41, 5.74) is 7.83. The van der Waals surface area contributed by atoms with Crippen LogP contribution < -0.4 is 15.8 Å². The molecule has 1 amide bonds. The van der Waals surface area contributed by atoms with E-state index in [-0.39, 0.29) is 18.6 Å². The zero-order valence-corrected chi connectivity index (χ0v) is 12.1. The number of para-hydroxylation sites is 1. The van der Waals surface area contributed by atoms with Crippen LogP contribution in [0.2, 0.25) is 0 Å². The van der Waals surface area contributed by atoms with E-state index < -0.39 is 0 Å². The van der Waals surface area contributed by atoms with E-state index in [0.717, 1.165) is 11.1 Å². The molecule has 0 aliphatic heterocycles. The molecule has 0 spiro atoms. The Bertz CT molecular complexity index is 582. The van der Waals surface area contributed by atoms with E-state index in [1.54, 1.807) is 0 Å². The third kappa shape index (κ3) is 4.61. The third-order valence-electron chi connectivity index (χ3n) is 3.10. The Morgan fingerprint density at radius 3 is 2.52 bits per heavy atom. The quantitative estimate of drug-likeness (QED) is 0.856. The lowest BCUT2D eigenvalue weighted by Gasteiger charge is -2.13. The van der Waals surface area contributed by atoms with Gasteiger partial charge in [-0.3, -0.25) is 4.79 Å². The van der Waals surface area contributed by atoms with Crippen LogP contribution in [0.1, 0.15) is 24.1 Å². The number of benzene rings is 2.